The van der Waals surface area contributed by atoms with Crippen LogP contribution in [-0.4, -0.2) is 24.2 Å². The van der Waals surface area contributed by atoms with Crippen molar-refractivity contribution < 1.29 is 8.42 Å². The van der Waals surface area contributed by atoms with E-state index < -0.39 is 21.1 Å². The molecule has 0 amide bonds. The first-order valence-electron chi connectivity index (χ1n) is 5.66. The zero-order valence-electron chi connectivity index (χ0n) is 10.7. The lowest BCUT2D eigenvalue weighted by atomic mass is 10.2. The smallest absolute Gasteiger partial charge is 0.330 e. The number of nitrogens with zero attached hydrogens (tertiary/aromatic N) is 1. The Balaban J connectivity index is 2.37. The van der Waals surface area contributed by atoms with Gasteiger partial charge in [-0.05, 0) is 17.7 Å². The van der Waals surface area contributed by atoms with Gasteiger partial charge in [0.1, 0.15) is 5.82 Å². The highest BCUT2D eigenvalue weighted by Crippen LogP contribution is 2.11. The van der Waals surface area contributed by atoms with Gasteiger partial charge in [-0.3, -0.25) is 14.3 Å². The van der Waals surface area contributed by atoms with Crippen LogP contribution in [0.2, 0.25) is 0 Å². The monoisotopic (exact) mass is 295 g/mol. The van der Waals surface area contributed by atoms with E-state index in [1.54, 1.807) is 12.1 Å². The highest BCUT2D eigenvalue weighted by atomic mass is 32.2. The first kappa shape index (κ1) is 14.1. The summed E-state index contributed by atoms with van der Waals surface area (Å²) in [7, 11) is -3.26. The van der Waals surface area contributed by atoms with Crippen LogP contribution < -0.4 is 17.0 Å². The van der Waals surface area contributed by atoms with Gasteiger partial charge < -0.3 is 5.73 Å². The van der Waals surface area contributed by atoms with E-state index in [2.05, 4.69) is 4.98 Å². The zero-order chi connectivity index (χ0) is 14.9. The lowest BCUT2D eigenvalue weighted by Crippen LogP contribution is -2.31. The first-order valence-corrected chi connectivity index (χ1v) is 7.55. The second kappa shape index (κ2) is 4.97. The molecule has 1 aromatic heterocycles. The number of aromatic amines is 1. The molecular formula is C12H13N3O4S. The molecular weight excluding hydrogens is 282 g/mol. The fourth-order valence-electron chi connectivity index (χ4n) is 1.73. The van der Waals surface area contributed by atoms with Gasteiger partial charge in [0.05, 0.1) is 11.4 Å². The largest absolute Gasteiger partial charge is 0.385 e. The molecule has 0 aliphatic carbocycles. The molecule has 0 aliphatic heterocycles. The van der Waals surface area contributed by atoms with E-state index in [0.717, 1.165) is 12.3 Å². The van der Waals surface area contributed by atoms with Crippen molar-refractivity contribution in [2.24, 2.45) is 0 Å². The van der Waals surface area contributed by atoms with E-state index in [-0.39, 0.29) is 17.3 Å². The van der Waals surface area contributed by atoms with Gasteiger partial charge in [0.25, 0.3) is 5.56 Å². The number of aromatic nitrogens is 2. The van der Waals surface area contributed by atoms with Crippen molar-refractivity contribution in [2.75, 3.05) is 12.0 Å². The van der Waals surface area contributed by atoms with Crippen molar-refractivity contribution in [3.63, 3.8) is 0 Å². The molecule has 7 nitrogen and oxygen atoms in total. The average Bonchev–Trinajstić information content (AvgIpc) is 2.33. The Kier molecular flexibility index (Phi) is 3.49. The Bertz CT molecular complexity index is 848. The molecule has 0 aliphatic rings. The molecule has 106 valence electrons. The molecule has 0 spiro atoms. The molecule has 0 fully saturated rings. The molecule has 8 heteroatoms. The van der Waals surface area contributed by atoms with Crippen molar-refractivity contribution >= 4 is 15.7 Å². The molecule has 0 unspecified atom stereocenters. The van der Waals surface area contributed by atoms with Crippen molar-refractivity contribution in [2.45, 2.75) is 11.4 Å². The van der Waals surface area contributed by atoms with Crippen LogP contribution in [0.3, 0.4) is 0 Å². The molecule has 0 atom stereocenters. The third-order valence-corrected chi connectivity index (χ3v) is 3.89. The van der Waals surface area contributed by atoms with Crippen LogP contribution >= 0.6 is 0 Å². The van der Waals surface area contributed by atoms with Gasteiger partial charge in [-0.25, -0.2) is 13.2 Å². The topological polar surface area (TPSA) is 115 Å². The number of sulfone groups is 1. The minimum atomic E-state index is -3.26. The van der Waals surface area contributed by atoms with E-state index in [1.165, 1.54) is 16.7 Å². The number of nitrogens with one attached hydrogen (secondary N) is 1. The maximum Gasteiger partial charge on any atom is 0.330 e. The van der Waals surface area contributed by atoms with E-state index in [0.29, 0.717) is 5.56 Å². The van der Waals surface area contributed by atoms with Crippen LogP contribution in [0, 0.1) is 0 Å². The number of rotatable bonds is 3. The van der Waals surface area contributed by atoms with Crippen LogP contribution in [0.15, 0.2) is 44.8 Å². The first-order chi connectivity index (χ1) is 9.27. The Morgan fingerprint density at radius 1 is 1.20 bits per heavy atom. The summed E-state index contributed by atoms with van der Waals surface area (Å²) in [6, 6.07) is 7.21. The molecule has 20 heavy (non-hydrogen) atoms. The van der Waals surface area contributed by atoms with Gasteiger partial charge >= 0.3 is 5.69 Å². The lowest BCUT2D eigenvalue weighted by molar-refractivity contribution is 0.602. The third kappa shape index (κ3) is 2.97. The molecule has 3 N–H and O–H groups in total. The summed E-state index contributed by atoms with van der Waals surface area (Å²) in [6.45, 7) is 0.144. The predicted molar refractivity (Wildman–Crippen MR) is 74.4 cm³/mol. The van der Waals surface area contributed by atoms with Crippen LogP contribution in [0.5, 0.6) is 0 Å². The van der Waals surface area contributed by atoms with Crippen molar-refractivity contribution in [3.8, 4) is 0 Å². The summed E-state index contributed by atoms with van der Waals surface area (Å²) < 4.78 is 23.9. The lowest BCUT2D eigenvalue weighted by Gasteiger charge is -2.08. The average molecular weight is 295 g/mol. The number of hydrogen-bond acceptors (Lipinski definition) is 5. The van der Waals surface area contributed by atoms with Gasteiger partial charge in [-0.15, -0.1) is 0 Å². The fourth-order valence-corrected chi connectivity index (χ4v) is 2.36. The van der Waals surface area contributed by atoms with Crippen molar-refractivity contribution in [1.29, 1.82) is 0 Å². The summed E-state index contributed by atoms with van der Waals surface area (Å²) in [5, 5.41) is 0. The summed E-state index contributed by atoms with van der Waals surface area (Å²) in [6.07, 6.45) is 1.12. The fraction of sp³-hybridized carbons (Fsp3) is 0.167. The van der Waals surface area contributed by atoms with Gasteiger partial charge in [-0.2, -0.15) is 0 Å². The minimum Gasteiger partial charge on any atom is -0.385 e. The number of H-pyrrole nitrogens is 1. The molecule has 0 bridgehead atoms. The number of hydrogen-bond donors (Lipinski definition) is 2. The SMILES string of the molecule is CS(=O)(=O)c1ccc(Cn2c(N)cc(=O)[nH]c2=O)cc1. The van der Waals surface area contributed by atoms with Crippen molar-refractivity contribution in [3.05, 3.63) is 56.7 Å². The van der Waals surface area contributed by atoms with E-state index in [4.69, 9.17) is 5.73 Å². The minimum absolute atomic E-state index is 0.0472. The predicted octanol–water partition coefficient (Wildman–Crippen LogP) is -0.429. The molecule has 0 radical (unpaired) electrons. The second-order valence-corrected chi connectivity index (χ2v) is 6.38. The van der Waals surface area contributed by atoms with Gasteiger partial charge in [0, 0.05) is 12.3 Å². The highest BCUT2D eigenvalue weighted by Gasteiger charge is 2.08. The van der Waals surface area contributed by atoms with Crippen LogP contribution in [0.4, 0.5) is 5.82 Å². The zero-order valence-corrected chi connectivity index (χ0v) is 11.5. The molecule has 1 heterocycles. The van der Waals surface area contributed by atoms with E-state index in [1.807, 2.05) is 0 Å². The van der Waals surface area contributed by atoms with Crippen molar-refractivity contribution in [1.82, 2.24) is 9.55 Å². The normalized spacial score (nSPS) is 11.4. The maximum absolute atomic E-state index is 11.6. The summed E-state index contributed by atoms with van der Waals surface area (Å²) in [5.74, 6) is 0.0472. The van der Waals surface area contributed by atoms with E-state index >= 15 is 0 Å². The Morgan fingerprint density at radius 3 is 2.30 bits per heavy atom. The summed E-state index contributed by atoms with van der Waals surface area (Å²) in [5.41, 5.74) is 5.14. The maximum atomic E-state index is 11.6. The number of nitrogens with two attached hydrogens (primary N) is 1. The standard InChI is InChI=1S/C12H13N3O4S/c1-20(18,19)9-4-2-8(3-5-9)7-15-10(13)6-11(16)14-12(15)17/h2-6H,7,13H2,1H3,(H,14,16,17). The molecule has 2 aromatic rings. The Labute approximate surface area is 114 Å². The molecule has 0 saturated carbocycles. The number of anilines is 1. The molecule has 1 aromatic carbocycles. The number of benzene rings is 1. The van der Waals surface area contributed by atoms with Gasteiger partial charge in [-0.1, -0.05) is 12.1 Å². The molecule has 0 saturated heterocycles. The second-order valence-electron chi connectivity index (χ2n) is 4.37. The third-order valence-electron chi connectivity index (χ3n) is 2.76. The molecule has 2 rings (SSSR count). The summed E-state index contributed by atoms with van der Waals surface area (Å²) in [4.78, 5) is 25.0. The van der Waals surface area contributed by atoms with Crippen LogP contribution in [-0.2, 0) is 16.4 Å². The van der Waals surface area contributed by atoms with Crippen LogP contribution in [0.1, 0.15) is 5.56 Å². The van der Waals surface area contributed by atoms with E-state index in [9.17, 15) is 18.0 Å². The Hall–Kier alpha value is -2.35. The highest BCUT2D eigenvalue weighted by molar-refractivity contribution is 7.90. The summed E-state index contributed by atoms with van der Waals surface area (Å²) >= 11 is 0. The van der Waals surface area contributed by atoms with Crippen LogP contribution in [0.25, 0.3) is 0 Å². The van der Waals surface area contributed by atoms with Gasteiger partial charge in [0.2, 0.25) is 0 Å². The Morgan fingerprint density at radius 2 is 1.80 bits per heavy atom. The quantitative estimate of drug-likeness (QED) is 0.797. The number of nitrogen functional groups attached to an aromatic ring is 1. The van der Waals surface area contributed by atoms with Gasteiger partial charge in [0.15, 0.2) is 9.84 Å².